The quantitative estimate of drug-likeness (QED) is 0.713. The summed E-state index contributed by atoms with van der Waals surface area (Å²) in [6.07, 6.45) is 0.680. The number of carbonyl (C=O) groups excluding carboxylic acids is 1. The van der Waals surface area contributed by atoms with Gasteiger partial charge in [-0.05, 0) is 26.1 Å². The summed E-state index contributed by atoms with van der Waals surface area (Å²) in [5.41, 5.74) is 0. The highest BCUT2D eigenvalue weighted by atomic mass is 16.3. The van der Waals surface area contributed by atoms with Crippen molar-refractivity contribution >= 4 is 6.29 Å². The molecule has 0 saturated carbocycles. The molecule has 1 rings (SSSR count). The summed E-state index contributed by atoms with van der Waals surface area (Å²) >= 11 is 0. The molecular weight excluding hydrogens is 182 g/mol. The topological polar surface area (TPSA) is 53.7 Å². The normalized spacial score (nSPS) is 13.1. The van der Waals surface area contributed by atoms with Crippen LogP contribution in [0.15, 0.2) is 16.5 Å². The summed E-state index contributed by atoms with van der Waals surface area (Å²) < 4.78 is 5.21. The fourth-order valence-electron chi connectivity index (χ4n) is 1.08. The molecule has 4 heteroatoms. The Morgan fingerprint density at radius 3 is 2.86 bits per heavy atom. The number of aliphatic hydroxyl groups excluding tert-OH is 1. The van der Waals surface area contributed by atoms with Crippen LogP contribution in [-0.2, 0) is 6.54 Å². The SMILES string of the molecule is CC(CO)N(C)Cc1ccc(C=O)o1. The van der Waals surface area contributed by atoms with Gasteiger partial charge in [0.1, 0.15) is 5.76 Å². The predicted octanol–water partition coefficient (Wildman–Crippen LogP) is 0.905. The van der Waals surface area contributed by atoms with Crippen LogP contribution >= 0.6 is 0 Å². The lowest BCUT2D eigenvalue weighted by atomic mass is 10.3. The molecule has 1 N–H and O–H groups in total. The maximum atomic E-state index is 10.3. The molecule has 4 nitrogen and oxygen atoms in total. The number of aliphatic hydroxyl groups is 1. The number of likely N-dealkylation sites (N-methyl/N-ethyl adjacent to an activating group) is 1. The van der Waals surface area contributed by atoms with Crippen molar-refractivity contribution in [1.29, 1.82) is 0 Å². The molecule has 78 valence electrons. The zero-order chi connectivity index (χ0) is 10.6. The lowest BCUT2D eigenvalue weighted by molar-refractivity contribution is 0.109. The second kappa shape index (κ2) is 4.93. The first-order valence-electron chi connectivity index (χ1n) is 4.52. The van der Waals surface area contributed by atoms with Crippen molar-refractivity contribution in [3.8, 4) is 0 Å². The van der Waals surface area contributed by atoms with Crippen LogP contribution in [0.2, 0.25) is 0 Å². The monoisotopic (exact) mass is 197 g/mol. The highest BCUT2D eigenvalue weighted by molar-refractivity contribution is 5.70. The van der Waals surface area contributed by atoms with Crippen molar-refractivity contribution in [2.24, 2.45) is 0 Å². The Morgan fingerprint density at radius 2 is 2.36 bits per heavy atom. The van der Waals surface area contributed by atoms with E-state index in [2.05, 4.69) is 0 Å². The van der Waals surface area contributed by atoms with Crippen LogP contribution in [0.1, 0.15) is 23.2 Å². The fraction of sp³-hybridized carbons (Fsp3) is 0.500. The molecule has 1 aromatic rings. The van der Waals surface area contributed by atoms with Gasteiger partial charge in [0.05, 0.1) is 13.2 Å². The highest BCUT2D eigenvalue weighted by Crippen LogP contribution is 2.09. The van der Waals surface area contributed by atoms with Crippen LogP contribution < -0.4 is 0 Å². The molecule has 0 amide bonds. The van der Waals surface area contributed by atoms with E-state index in [-0.39, 0.29) is 12.6 Å². The Kier molecular flexibility index (Phi) is 3.85. The second-order valence-corrected chi connectivity index (χ2v) is 3.37. The zero-order valence-electron chi connectivity index (χ0n) is 8.43. The van der Waals surface area contributed by atoms with E-state index >= 15 is 0 Å². The van der Waals surface area contributed by atoms with Crippen LogP contribution in [-0.4, -0.2) is 36.0 Å². The van der Waals surface area contributed by atoms with E-state index in [1.165, 1.54) is 0 Å². The largest absolute Gasteiger partial charge is 0.457 e. The van der Waals surface area contributed by atoms with Crippen LogP contribution in [0.3, 0.4) is 0 Å². The van der Waals surface area contributed by atoms with Crippen molar-refractivity contribution < 1.29 is 14.3 Å². The maximum Gasteiger partial charge on any atom is 0.185 e. The fourth-order valence-corrected chi connectivity index (χ4v) is 1.08. The molecular formula is C10H15NO3. The van der Waals surface area contributed by atoms with E-state index in [9.17, 15) is 4.79 Å². The molecule has 0 spiro atoms. The standard InChI is InChI=1S/C10H15NO3/c1-8(6-12)11(2)5-9-3-4-10(7-13)14-9/h3-4,7-8,12H,5-6H2,1-2H3. The third kappa shape index (κ3) is 2.68. The molecule has 0 aliphatic heterocycles. The first-order chi connectivity index (χ1) is 6.67. The summed E-state index contributed by atoms with van der Waals surface area (Å²) in [6, 6.07) is 3.49. The van der Waals surface area contributed by atoms with Crippen molar-refractivity contribution in [2.45, 2.75) is 19.5 Å². The average molecular weight is 197 g/mol. The van der Waals surface area contributed by atoms with Crippen LogP contribution in [0.4, 0.5) is 0 Å². The van der Waals surface area contributed by atoms with E-state index in [0.717, 1.165) is 5.76 Å². The zero-order valence-corrected chi connectivity index (χ0v) is 8.43. The van der Waals surface area contributed by atoms with Crippen molar-refractivity contribution in [2.75, 3.05) is 13.7 Å². The average Bonchev–Trinajstić information content (AvgIpc) is 2.64. The number of aldehydes is 1. The Bertz CT molecular complexity index is 295. The molecule has 0 aromatic carbocycles. The Labute approximate surface area is 83.1 Å². The molecule has 0 radical (unpaired) electrons. The molecule has 0 aliphatic carbocycles. The molecule has 1 atom stereocenters. The lowest BCUT2D eigenvalue weighted by Gasteiger charge is -2.21. The smallest absolute Gasteiger partial charge is 0.185 e. The van der Waals surface area contributed by atoms with E-state index in [0.29, 0.717) is 18.6 Å². The lowest BCUT2D eigenvalue weighted by Crippen LogP contribution is -2.31. The van der Waals surface area contributed by atoms with Gasteiger partial charge in [0.2, 0.25) is 0 Å². The van der Waals surface area contributed by atoms with E-state index in [1.54, 1.807) is 12.1 Å². The van der Waals surface area contributed by atoms with Gasteiger partial charge in [-0.2, -0.15) is 0 Å². The third-order valence-electron chi connectivity index (χ3n) is 2.22. The molecule has 14 heavy (non-hydrogen) atoms. The van der Waals surface area contributed by atoms with Gasteiger partial charge >= 0.3 is 0 Å². The van der Waals surface area contributed by atoms with Gasteiger partial charge in [0, 0.05) is 6.04 Å². The van der Waals surface area contributed by atoms with E-state index < -0.39 is 0 Å². The van der Waals surface area contributed by atoms with Crippen LogP contribution in [0.5, 0.6) is 0 Å². The predicted molar refractivity (Wildman–Crippen MR) is 52.1 cm³/mol. The van der Waals surface area contributed by atoms with Gasteiger partial charge in [0.25, 0.3) is 0 Å². The van der Waals surface area contributed by atoms with Gasteiger partial charge in [-0.3, -0.25) is 9.69 Å². The van der Waals surface area contributed by atoms with Gasteiger partial charge in [-0.15, -0.1) is 0 Å². The Hall–Kier alpha value is -1.13. The van der Waals surface area contributed by atoms with Gasteiger partial charge < -0.3 is 9.52 Å². The molecule has 1 unspecified atom stereocenters. The Balaban J connectivity index is 2.55. The Morgan fingerprint density at radius 1 is 1.64 bits per heavy atom. The van der Waals surface area contributed by atoms with Gasteiger partial charge in [0.15, 0.2) is 12.0 Å². The number of rotatable bonds is 5. The first-order valence-corrected chi connectivity index (χ1v) is 4.52. The molecule has 1 heterocycles. The minimum atomic E-state index is 0.0831. The number of hydrogen-bond donors (Lipinski definition) is 1. The molecule has 0 fully saturated rings. The molecule has 0 aliphatic rings. The van der Waals surface area contributed by atoms with E-state index in [4.69, 9.17) is 9.52 Å². The molecule has 0 saturated heterocycles. The second-order valence-electron chi connectivity index (χ2n) is 3.37. The number of nitrogens with zero attached hydrogens (tertiary/aromatic N) is 1. The van der Waals surface area contributed by atoms with Crippen LogP contribution in [0.25, 0.3) is 0 Å². The van der Waals surface area contributed by atoms with Crippen molar-refractivity contribution in [3.05, 3.63) is 23.7 Å². The minimum Gasteiger partial charge on any atom is -0.457 e. The molecule has 1 aromatic heterocycles. The van der Waals surface area contributed by atoms with Crippen molar-refractivity contribution in [3.63, 3.8) is 0 Å². The third-order valence-corrected chi connectivity index (χ3v) is 2.22. The summed E-state index contributed by atoms with van der Waals surface area (Å²) in [5, 5.41) is 8.91. The highest BCUT2D eigenvalue weighted by Gasteiger charge is 2.10. The summed E-state index contributed by atoms with van der Waals surface area (Å²) in [4.78, 5) is 12.3. The maximum absolute atomic E-state index is 10.3. The van der Waals surface area contributed by atoms with Crippen molar-refractivity contribution in [1.82, 2.24) is 4.90 Å². The number of hydrogen-bond acceptors (Lipinski definition) is 4. The van der Waals surface area contributed by atoms with Crippen LogP contribution in [0, 0.1) is 0 Å². The van der Waals surface area contributed by atoms with Gasteiger partial charge in [-0.25, -0.2) is 0 Å². The summed E-state index contributed by atoms with van der Waals surface area (Å²) in [6.45, 7) is 2.62. The summed E-state index contributed by atoms with van der Waals surface area (Å²) in [5.74, 6) is 1.07. The first kappa shape index (κ1) is 10.9. The minimum absolute atomic E-state index is 0.0831. The number of furan rings is 1. The number of carbonyl (C=O) groups is 1. The van der Waals surface area contributed by atoms with Gasteiger partial charge in [-0.1, -0.05) is 0 Å². The molecule has 0 bridgehead atoms. The summed E-state index contributed by atoms with van der Waals surface area (Å²) in [7, 11) is 1.89. The van der Waals surface area contributed by atoms with E-state index in [1.807, 2.05) is 18.9 Å².